The molecule has 1 aromatic rings. The van der Waals surface area contributed by atoms with E-state index in [1.54, 1.807) is 22.6 Å². The third-order valence-electron chi connectivity index (χ3n) is 1.46. The predicted octanol–water partition coefficient (Wildman–Crippen LogP) is 0.282. The Balaban J connectivity index is 3.18. The average Bonchev–Trinajstić information content (AvgIpc) is 2.14. The molecule has 1 rings (SSSR count). The molecule has 10 heavy (non-hydrogen) atoms. The van der Waals surface area contributed by atoms with Crippen LogP contribution in [0.25, 0.3) is 0 Å². The highest BCUT2D eigenvalue weighted by molar-refractivity contribution is 4.66. The van der Waals surface area contributed by atoms with Crippen LogP contribution in [0.5, 0.6) is 0 Å². The summed E-state index contributed by atoms with van der Waals surface area (Å²) < 4.78 is 3.35. The zero-order valence-corrected chi connectivity index (χ0v) is 6.50. The Labute approximate surface area is 59.6 Å². The van der Waals surface area contributed by atoms with Gasteiger partial charge in [-0.25, -0.2) is 4.68 Å². The molecule has 0 spiro atoms. The highest BCUT2D eigenvalue weighted by atomic mass is 15.4. The summed E-state index contributed by atoms with van der Waals surface area (Å²) in [7, 11) is 1.77. The van der Waals surface area contributed by atoms with E-state index in [4.69, 9.17) is 5.41 Å². The van der Waals surface area contributed by atoms with Crippen LogP contribution in [0.1, 0.15) is 19.9 Å². The van der Waals surface area contributed by atoms with Gasteiger partial charge in [0.2, 0.25) is 5.62 Å². The van der Waals surface area contributed by atoms with E-state index in [2.05, 4.69) is 5.10 Å². The minimum Gasteiger partial charge on any atom is -0.298 e. The van der Waals surface area contributed by atoms with Crippen LogP contribution in [0, 0.1) is 5.41 Å². The van der Waals surface area contributed by atoms with Gasteiger partial charge in [-0.1, -0.05) is 0 Å². The SMILES string of the molecule is CC(C)n1cnn(C)c1=N. The molecule has 0 aliphatic rings. The molecule has 1 N–H and O–H groups in total. The van der Waals surface area contributed by atoms with Gasteiger partial charge in [-0.15, -0.1) is 0 Å². The van der Waals surface area contributed by atoms with Gasteiger partial charge in [0.15, 0.2) is 0 Å². The molecule has 0 unspecified atom stereocenters. The van der Waals surface area contributed by atoms with Crippen molar-refractivity contribution >= 4 is 0 Å². The molecule has 0 radical (unpaired) electrons. The first-order valence-electron chi connectivity index (χ1n) is 3.27. The van der Waals surface area contributed by atoms with E-state index in [1.165, 1.54) is 0 Å². The Morgan fingerprint density at radius 1 is 1.60 bits per heavy atom. The normalized spacial score (nSPS) is 10.8. The maximum absolute atomic E-state index is 7.47. The molecule has 1 aromatic heterocycles. The number of rotatable bonds is 1. The topological polar surface area (TPSA) is 46.6 Å². The smallest absolute Gasteiger partial charge is 0.219 e. The number of aromatic nitrogens is 3. The highest BCUT2D eigenvalue weighted by Crippen LogP contribution is 1.95. The van der Waals surface area contributed by atoms with Crippen molar-refractivity contribution in [1.82, 2.24) is 14.3 Å². The number of nitrogens with zero attached hydrogens (tertiary/aromatic N) is 3. The minimum atomic E-state index is 0.321. The molecular formula is C6H12N4. The van der Waals surface area contributed by atoms with Crippen LogP contribution in [0.3, 0.4) is 0 Å². The Hall–Kier alpha value is -1.06. The monoisotopic (exact) mass is 140 g/mol. The summed E-state index contributed by atoms with van der Waals surface area (Å²) >= 11 is 0. The van der Waals surface area contributed by atoms with Crippen LogP contribution in [0.2, 0.25) is 0 Å². The summed E-state index contributed by atoms with van der Waals surface area (Å²) in [6, 6.07) is 0.321. The second-order valence-corrected chi connectivity index (χ2v) is 2.58. The van der Waals surface area contributed by atoms with Gasteiger partial charge in [0.05, 0.1) is 0 Å². The van der Waals surface area contributed by atoms with Gasteiger partial charge in [0.25, 0.3) is 0 Å². The van der Waals surface area contributed by atoms with E-state index in [-0.39, 0.29) is 0 Å². The maximum atomic E-state index is 7.47. The zero-order chi connectivity index (χ0) is 7.72. The third-order valence-corrected chi connectivity index (χ3v) is 1.46. The Bertz CT molecular complexity index is 268. The number of nitrogens with one attached hydrogen (secondary N) is 1. The highest BCUT2D eigenvalue weighted by Gasteiger charge is 1.99. The van der Waals surface area contributed by atoms with Gasteiger partial charge in [-0.05, 0) is 13.8 Å². The fraction of sp³-hybridized carbons (Fsp3) is 0.667. The van der Waals surface area contributed by atoms with Crippen LogP contribution >= 0.6 is 0 Å². The molecule has 0 aromatic carbocycles. The van der Waals surface area contributed by atoms with Crippen LogP contribution < -0.4 is 5.62 Å². The summed E-state index contributed by atoms with van der Waals surface area (Å²) in [5, 5.41) is 11.4. The molecular weight excluding hydrogens is 128 g/mol. The molecule has 0 aliphatic carbocycles. The number of hydrogen-bond acceptors (Lipinski definition) is 2. The van der Waals surface area contributed by atoms with Gasteiger partial charge >= 0.3 is 0 Å². The van der Waals surface area contributed by atoms with E-state index in [0.29, 0.717) is 11.7 Å². The Morgan fingerprint density at radius 3 is 2.40 bits per heavy atom. The second kappa shape index (κ2) is 2.28. The van der Waals surface area contributed by atoms with Crippen molar-refractivity contribution in [3.05, 3.63) is 11.9 Å². The molecule has 0 aliphatic heterocycles. The second-order valence-electron chi connectivity index (χ2n) is 2.58. The first-order chi connectivity index (χ1) is 4.63. The fourth-order valence-electron chi connectivity index (χ4n) is 0.787. The molecule has 4 heteroatoms. The molecule has 1 heterocycles. The lowest BCUT2D eigenvalue weighted by molar-refractivity contribution is 0.548. The van der Waals surface area contributed by atoms with Crippen molar-refractivity contribution in [3.8, 4) is 0 Å². The quantitative estimate of drug-likeness (QED) is 0.598. The lowest BCUT2D eigenvalue weighted by Gasteiger charge is -2.02. The fourth-order valence-corrected chi connectivity index (χ4v) is 0.787. The molecule has 0 saturated carbocycles. The summed E-state index contributed by atoms with van der Waals surface area (Å²) in [5.41, 5.74) is 0.440. The molecule has 0 bridgehead atoms. The zero-order valence-electron chi connectivity index (χ0n) is 6.50. The minimum absolute atomic E-state index is 0.321. The van der Waals surface area contributed by atoms with Gasteiger partial charge in [-0.2, -0.15) is 5.10 Å². The molecule has 4 nitrogen and oxygen atoms in total. The summed E-state index contributed by atoms with van der Waals surface area (Å²) in [5.74, 6) is 0. The Morgan fingerprint density at radius 2 is 2.20 bits per heavy atom. The van der Waals surface area contributed by atoms with Crippen molar-refractivity contribution < 1.29 is 0 Å². The van der Waals surface area contributed by atoms with Gasteiger partial charge in [-0.3, -0.25) is 9.98 Å². The maximum Gasteiger partial charge on any atom is 0.219 e. The summed E-state index contributed by atoms with van der Waals surface area (Å²) in [6.07, 6.45) is 1.67. The van der Waals surface area contributed by atoms with E-state index in [9.17, 15) is 0 Å². The van der Waals surface area contributed by atoms with Crippen molar-refractivity contribution in [2.24, 2.45) is 7.05 Å². The molecule has 0 fully saturated rings. The molecule has 0 amide bonds. The average molecular weight is 140 g/mol. The lowest BCUT2D eigenvalue weighted by atomic mass is 10.4. The van der Waals surface area contributed by atoms with E-state index in [1.807, 2.05) is 13.8 Å². The van der Waals surface area contributed by atoms with Crippen LogP contribution in [-0.2, 0) is 7.05 Å². The van der Waals surface area contributed by atoms with Gasteiger partial charge in [0.1, 0.15) is 6.33 Å². The van der Waals surface area contributed by atoms with Crippen molar-refractivity contribution in [3.63, 3.8) is 0 Å². The van der Waals surface area contributed by atoms with Crippen molar-refractivity contribution in [2.45, 2.75) is 19.9 Å². The molecule has 56 valence electrons. The first kappa shape index (κ1) is 7.05. The number of hydrogen-bond donors (Lipinski definition) is 1. The largest absolute Gasteiger partial charge is 0.298 e. The predicted molar refractivity (Wildman–Crippen MR) is 37.4 cm³/mol. The molecule has 0 atom stereocenters. The van der Waals surface area contributed by atoms with Gasteiger partial charge < -0.3 is 0 Å². The third kappa shape index (κ3) is 0.964. The van der Waals surface area contributed by atoms with Crippen LogP contribution in [0.15, 0.2) is 6.33 Å². The Kier molecular flexibility index (Phi) is 1.61. The molecule has 0 saturated heterocycles. The summed E-state index contributed by atoms with van der Waals surface area (Å²) in [4.78, 5) is 0. The van der Waals surface area contributed by atoms with E-state index < -0.39 is 0 Å². The standard InChI is InChI=1S/C6H12N4/c1-5(2)10-4-8-9(3)6(10)7/h4-5,7H,1-3H3. The van der Waals surface area contributed by atoms with E-state index in [0.717, 1.165) is 0 Å². The summed E-state index contributed by atoms with van der Waals surface area (Å²) in [6.45, 7) is 4.06. The lowest BCUT2D eigenvalue weighted by Crippen LogP contribution is -2.23. The van der Waals surface area contributed by atoms with Crippen molar-refractivity contribution in [2.75, 3.05) is 0 Å². The number of aryl methyl sites for hydroxylation is 1. The van der Waals surface area contributed by atoms with Crippen LogP contribution in [0.4, 0.5) is 0 Å². The van der Waals surface area contributed by atoms with E-state index >= 15 is 0 Å². The van der Waals surface area contributed by atoms with Crippen LogP contribution in [-0.4, -0.2) is 14.3 Å². The van der Waals surface area contributed by atoms with Gasteiger partial charge in [0, 0.05) is 13.1 Å². The first-order valence-corrected chi connectivity index (χ1v) is 3.27. The van der Waals surface area contributed by atoms with Crippen molar-refractivity contribution in [1.29, 1.82) is 5.41 Å².